The summed E-state index contributed by atoms with van der Waals surface area (Å²) >= 11 is 0. The van der Waals surface area contributed by atoms with Crippen molar-refractivity contribution in [3.63, 3.8) is 0 Å². The van der Waals surface area contributed by atoms with E-state index in [0.717, 1.165) is 34.8 Å². The molecule has 5 heteroatoms. The van der Waals surface area contributed by atoms with Crippen LogP contribution in [0.2, 0.25) is 0 Å². The Morgan fingerprint density at radius 3 is 2.64 bits per heavy atom. The summed E-state index contributed by atoms with van der Waals surface area (Å²) in [7, 11) is 1.62. The third-order valence-corrected chi connectivity index (χ3v) is 5.50. The molecule has 2 aliphatic rings. The van der Waals surface area contributed by atoms with E-state index in [2.05, 4.69) is 11.4 Å². The second-order valence-electron chi connectivity index (χ2n) is 7.12. The molecule has 0 bridgehead atoms. The minimum absolute atomic E-state index is 0.00492. The van der Waals surface area contributed by atoms with Gasteiger partial charge in [-0.2, -0.15) is 0 Å². The molecule has 1 aliphatic heterocycles. The lowest BCUT2D eigenvalue weighted by Crippen LogP contribution is -2.41. The highest BCUT2D eigenvalue weighted by molar-refractivity contribution is 6.00. The van der Waals surface area contributed by atoms with Gasteiger partial charge in [0.25, 0.3) is 0 Å². The normalized spacial score (nSPS) is 21.0. The van der Waals surface area contributed by atoms with Gasteiger partial charge < -0.3 is 15.0 Å². The number of rotatable bonds is 3. The van der Waals surface area contributed by atoms with E-state index in [1.54, 1.807) is 12.0 Å². The van der Waals surface area contributed by atoms with Gasteiger partial charge in [0.15, 0.2) is 0 Å². The number of nitrogens with zero attached hydrogens (tertiary/aromatic N) is 1. The number of fused-ring (bicyclic) bond motifs is 2. The van der Waals surface area contributed by atoms with Crippen molar-refractivity contribution in [2.75, 3.05) is 17.3 Å². The van der Waals surface area contributed by atoms with Crippen LogP contribution >= 0.6 is 0 Å². The molecule has 1 N–H and O–H groups in total. The first-order valence-electron chi connectivity index (χ1n) is 9.69. The van der Waals surface area contributed by atoms with Gasteiger partial charge in [-0.25, -0.2) is 0 Å². The van der Waals surface area contributed by atoms with E-state index in [9.17, 15) is 9.59 Å². The Morgan fingerprint density at radius 1 is 1.18 bits per heavy atom. The zero-order chi connectivity index (χ0) is 19.7. The third-order valence-electron chi connectivity index (χ3n) is 5.50. The predicted octanol–water partition coefficient (Wildman–Crippen LogP) is 4.47. The highest BCUT2D eigenvalue weighted by Gasteiger charge is 2.42. The number of hydrogen-bond acceptors (Lipinski definition) is 4. The quantitative estimate of drug-likeness (QED) is 0.859. The van der Waals surface area contributed by atoms with Gasteiger partial charge in [-0.15, -0.1) is 0 Å². The van der Waals surface area contributed by atoms with Crippen LogP contribution in [0.25, 0.3) is 0 Å². The Morgan fingerprint density at radius 2 is 1.93 bits per heavy atom. The number of hydrogen-bond donors (Lipinski definition) is 1. The Bertz CT molecular complexity index is 933. The fraction of sp³-hybridized carbons (Fsp3) is 0.304. The zero-order valence-corrected chi connectivity index (χ0v) is 16.1. The standard InChI is InChI=1S/C23H24N2O3/c1-3-21(27)25-19-9-5-4-7-17(19)24-18-8-6-10-20(26)22(18)23(25)15-11-13-16(28-2)14-12-15/h4-5,7-9,11-14,22-24H,3,6,10H2,1-2H3/t22-,23-/m1/s1. The minimum atomic E-state index is -0.412. The highest BCUT2D eigenvalue weighted by Crippen LogP contribution is 2.46. The number of ketones is 1. The van der Waals surface area contributed by atoms with Crippen LogP contribution in [0.3, 0.4) is 0 Å². The molecule has 0 fully saturated rings. The van der Waals surface area contributed by atoms with Gasteiger partial charge >= 0.3 is 0 Å². The summed E-state index contributed by atoms with van der Waals surface area (Å²) in [6, 6.07) is 15.0. The van der Waals surface area contributed by atoms with E-state index in [1.807, 2.05) is 55.5 Å². The topological polar surface area (TPSA) is 58.6 Å². The summed E-state index contributed by atoms with van der Waals surface area (Å²) in [5.41, 5.74) is 3.47. The maximum Gasteiger partial charge on any atom is 0.227 e. The van der Waals surface area contributed by atoms with Gasteiger partial charge in [0.05, 0.1) is 30.4 Å². The van der Waals surface area contributed by atoms with E-state index in [4.69, 9.17) is 4.74 Å². The molecule has 1 heterocycles. The lowest BCUT2D eigenvalue weighted by atomic mass is 9.81. The zero-order valence-electron chi connectivity index (χ0n) is 16.1. The number of allylic oxidation sites excluding steroid dienone is 1. The summed E-state index contributed by atoms with van der Waals surface area (Å²) in [5, 5.41) is 3.44. The van der Waals surface area contributed by atoms with Gasteiger partial charge in [-0.05, 0) is 36.2 Å². The van der Waals surface area contributed by atoms with E-state index in [-0.39, 0.29) is 11.7 Å². The minimum Gasteiger partial charge on any atom is -0.497 e. The molecule has 28 heavy (non-hydrogen) atoms. The average Bonchev–Trinajstić information content (AvgIpc) is 2.88. The molecule has 0 saturated heterocycles. The fourth-order valence-corrected chi connectivity index (χ4v) is 4.15. The molecule has 4 rings (SSSR count). The number of nitrogens with one attached hydrogen (secondary N) is 1. The predicted molar refractivity (Wildman–Crippen MR) is 109 cm³/mol. The first-order chi connectivity index (χ1) is 13.6. The molecule has 2 aromatic carbocycles. The smallest absolute Gasteiger partial charge is 0.227 e. The number of Topliss-reactive ketones (excluding diaryl/α,β-unsaturated/α-hetero) is 1. The summed E-state index contributed by atoms with van der Waals surface area (Å²) in [5.74, 6) is 0.488. The van der Waals surface area contributed by atoms with Crippen molar-refractivity contribution in [1.29, 1.82) is 0 Å². The van der Waals surface area contributed by atoms with Crippen molar-refractivity contribution in [2.45, 2.75) is 32.2 Å². The first kappa shape index (κ1) is 18.3. The average molecular weight is 376 g/mol. The number of carbonyl (C=O) groups is 2. The summed E-state index contributed by atoms with van der Waals surface area (Å²) in [4.78, 5) is 28.0. The number of para-hydroxylation sites is 2. The SMILES string of the molecule is CCC(=O)N1c2ccccc2NC2=CCCC(=O)[C@@H]2[C@H]1c1ccc(OC)cc1. The van der Waals surface area contributed by atoms with Crippen LogP contribution < -0.4 is 15.0 Å². The maximum absolute atomic E-state index is 13.1. The van der Waals surface area contributed by atoms with E-state index in [0.29, 0.717) is 12.8 Å². The summed E-state index contributed by atoms with van der Waals surface area (Å²) in [6.07, 6.45) is 3.67. The number of amides is 1. The van der Waals surface area contributed by atoms with Crippen LogP contribution in [0.4, 0.5) is 11.4 Å². The van der Waals surface area contributed by atoms with Gasteiger partial charge in [-0.1, -0.05) is 37.3 Å². The van der Waals surface area contributed by atoms with Crippen LogP contribution in [-0.2, 0) is 9.59 Å². The second kappa shape index (κ2) is 7.50. The van der Waals surface area contributed by atoms with Gasteiger partial charge in [0, 0.05) is 18.5 Å². The van der Waals surface area contributed by atoms with E-state index < -0.39 is 12.0 Å². The van der Waals surface area contributed by atoms with Gasteiger partial charge in [0.2, 0.25) is 5.91 Å². The third kappa shape index (κ3) is 3.07. The highest BCUT2D eigenvalue weighted by atomic mass is 16.5. The van der Waals surface area contributed by atoms with E-state index >= 15 is 0 Å². The number of anilines is 2. The fourth-order valence-electron chi connectivity index (χ4n) is 4.15. The number of carbonyl (C=O) groups excluding carboxylic acids is 2. The van der Waals surface area contributed by atoms with Crippen LogP contribution in [0.1, 0.15) is 37.8 Å². The molecule has 0 spiro atoms. The lowest BCUT2D eigenvalue weighted by molar-refractivity contribution is -0.123. The Kier molecular flexibility index (Phi) is 4.90. The molecule has 0 radical (unpaired) electrons. The Balaban J connectivity index is 1.94. The molecule has 0 unspecified atom stereocenters. The van der Waals surface area contributed by atoms with Crippen LogP contribution in [0, 0.1) is 5.92 Å². The van der Waals surface area contributed by atoms with Crippen molar-refractivity contribution >= 4 is 23.1 Å². The second-order valence-corrected chi connectivity index (χ2v) is 7.12. The molecule has 2 aromatic rings. The molecule has 144 valence electrons. The number of methoxy groups -OCH3 is 1. The monoisotopic (exact) mass is 376 g/mol. The molecule has 5 nitrogen and oxygen atoms in total. The largest absolute Gasteiger partial charge is 0.497 e. The van der Waals surface area contributed by atoms with Gasteiger partial charge in [-0.3, -0.25) is 9.59 Å². The molecule has 0 saturated carbocycles. The van der Waals surface area contributed by atoms with E-state index in [1.165, 1.54) is 0 Å². The molecule has 1 amide bonds. The van der Waals surface area contributed by atoms with Crippen molar-refractivity contribution in [1.82, 2.24) is 0 Å². The van der Waals surface area contributed by atoms with Crippen LogP contribution in [0.15, 0.2) is 60.3 Å². The van der Waals surface area contributed by atoms with Crippen molar-refractivity contribution in [2.24, 2.45) is 5.92 Å². The van der Waals surface area contributed by atoms with Crippen LogP contribution in [-0.4, -0.2) is 18.8 Å². The summed E-state index contributed by atoms with van der Waals surface area (Å²) < 4.78 is 5.29. The van der Waals surface area contributed by atoms with Crippen molar-refractivity contribution in [3.8, 4) is 5.75 Å². The maximum atomic E-state index is 13.1. The van der Waals surface area contributed by atoms with Crippen molar-refractivity contribution in [3.05, 3.63) is 65.9 Å². The Labute approximate surface area is 165 Å². The Hall–Kier alpha value is -3.08. The van der Waals surface area contributed by atoms with Gasteiger partial charge in [0.1, 0.15) is 11.5 Å². The summed E-state index contributed by atoms with van der Waals surface area (Å²) in [6.45, 7) is 1.85. The lowest BCUT2D eigenvalue weighted by Gasteiger charge is -2.36. The molecule has 1 aliphatic carbocycles. The molecular weight excluding hydrogens is 352 g/mol. The number of ether oxygens (including phenoxy) is 1. The first-order valence-corrected chi connectivity index (χ1v) is 9.69. The molecule has 2 atom stereocenters. The number of benzene rings is 2. The molecule has 0 aromatic heterocycles. The van der Waals surface area contributed by atoms with Crippen molar-refractivity contribution < 1.29 is 14.3 Å². The molecular formula is C23H24N2O3. The van der Waals surface area contributed by atoms with Crippen LogP contribution in [0.5, 0.6) is 5.75 Å².